The molecule has 0 radical (unpaired) electrons. The lowest BCUT2D eigenvalue weighted by Crippen LogP contribution is -2.40. The summed E-state index contributed by atoms with van der Waals surface area (Å²) in [7, 11) is 0. The second-order valence-corrected chi connectivity index (χ2v) is 11.6. The minimum Gasteiger partial charge on any atom is -0.378 e. The molecule has 1 aliphatic carbocycles. The Balaban J connectivity index is 1.30. The van der Waals surface area contributed by atoms with Crippen LogP contribution in [0, 0.1) is 13.8 Å². The van der Waals surface area contributed by atoms with Crippen molar-refractivity contribution in [3.63, 3.8) is 0 Å². The number of rotatable bonds is 5. The number of morpholine rings is 1. The van der Waals surface area contributed by atoms with Gasteiger partial charge in [-0.1, -0.05) is 37.5 Å². The normalized spacial score (nSPS) is 20.9. The molecular formula is C32H36N4O2S. The van der Waals surface area contributed by atoms with E-state index in [1.54, 1.807) is 0 Å². The van der Waals surface area contributed by atoms with E-state index >= 15 is 0 Å². The van der Waals surface area contributed by atoms with E-state index in [1.165, 1.54) is 36.7 Å². The standard InChI is InChI=1S/C32H36N4O2S/c1-23-21-25(24(2)35(23)29-15-13-27(14-16-29)34-17-19-38-20-18-34)22-30-31(37)36(28-11-7-4-8-12-28)32(39-30)33-26-9-5-3-6-10-26/h3,5-6,9-10,13-16,21-22,28H,4,7-8,11-12,17-20H2,1-2H3/b30-22-,33-32?. The van der Waals surface area contributed by atoms with Gasteiger partial charge in [0.1, 0.15) is 0 Å². The quantitative estimate of drug-likeness (QED) is 0.332. The van der Waals surface area contributed by atoms with Gasteiger partial charge in [0.25, 0.3) is 5.91 Å². The van der Waals surface area contributed by atoms with Gasteiger partial charge in [-0.05, 0) is 92.6 Å². The monoisotopic (exact) mass is 540 g/mol. The molecule has 0 unspecified atom stereocenters. The molecule has 3 fully saturated rings. The lowest BCUT2D eigenvalue weighted by Gasteiger charge is -2.30. The van der Waals surface area contributed by atoms with E-state index in [0.717, 1.165) is 77.5 Å². The molecule has 202 valence electrons. The number of amides is 1. The maximum absolute atomic E-state index is 13.8. The van der Waals surface area contributed by atoms with Gasteiger partial charge in [-0.2, -0.15) is 0 Å². The minimum atomic E-state index is 0.0845. The molecule has 39 heavy (non-hydrogen) atoms. The summed E-state index contributed by atoms with van der Waals surface area (Å²) < 4.78 is 7.78. The number of amidine groups is 1. The van der Waals surface area contributed by atoms with E-state index in [4.69, 9.17) is 9.73 Å². The fourth-order valence-electron chi connectivity index (χ4n) is 5.95. The SMILES string of the molecule is Cc1cc(/C=C2\SC(=Nc3ccccc3)N(C3CCCCC3)C2=O)c(C)n1-c1ccc(N2CCOCC2)cc1. The summed E-state index contributed by atoms with van der Waals surface area (Å²) in [6, 6.07) is 21.1. The Hall–Kier alpha value is -3.29. The van der Waals surface area contributed by atoms with Gasteiger partial charge in [0.2, 0.25) is 0 Å². The lowest BCUT2D eigenvalue weighted by atomic mass is 9.94. The van der Waals surface area contributed by atoms with Gasteiger partial charge in [0, 0.05) is 41.9 Å². The first-order chi connectivity index (χ1) is 19.1. The van der Waals surface area contributed by atoms with Gasteiger partial charge in [-0.15, -0.1) is 0 Å². The summed E-state index contributed by atoms with van der Waals surface area (Å²) in [6.45, 7) is 7.68. The third kappa shape index (κ3) is 5.43. The van der Waals surface area contributed by atoms with Crippen molar-refractivity contribution >= 4 is 40.3 Å². The van der Waals surface area contributed by atoms with Crippen LogP contribution in [0.2, 0.25) is 0 Å². The number of aliphatic imine (C=N–C) groups is 1. The Morgan fingerprint density at radius 3 is 2.33 bits per heavy atom. The van der Waals surface area contributed by atoms with Gasteiger partial charge >= 0.3 is 0 Å². The zero-order valence-corrected chi connectivity index (χ0v) is 23.6. The Kier molecular flexibility index (Phi) is 7.62. The van der Waals surface area contributed by atoms with E-state index < -0.39 is 0 Å². The van der Waals surface area contributed by atoms with Crippen molar-refractivity contribution in [2.24, 2.45) is 4.99 Å². The lowest BCUT2D eigenvalue weighted by molar-refractivity contribution is -0.124. The first-order valence-corrected chi connectivity index (χ1v) is 14.9. The molecule has 1 aromatic heterocycles. The third-order valence-corrected chi connectivity index (χ3v) is 8.98. The number of thioether (sulfide) groups is 1. The molecule has 0 N–H and O–H groups in total. The van der Waals surface area contributed by atoms with Crippen molar-refractivity contribution < 1.29 is 9.53 Å². The van der Waals surface area contributed by atoms with Crippen LogP contribution >= 0.6 is 11.8 Å². The topological polar surface area (TPSA) is 50.1 Å². The highest BCUT2D eigenvalue weighted by molar-refractivity contribution is 8.18. The van der Waals surface area contributed by atoms with Crippen molar-refractivity contribution in [2.45, 2.75) is 52.0 Å². The number of benzene rings is 2. The molecule has 3 aromatic rings. The summed E-state index contributed by atoms with van der Waals surface area (Å²) in [4.78, 5) is 23.8. The number of carbonyl (C=O) groups excluding carboxylic acids is 1. The van der Waals surface area contributed by atoms with E-state index in [9.17, 15) is 4.79 Å². The molecule has 6 nitrogen and oxygen atoms in total. The number of aromatic nitrogens is 1. The maximum Gasteiger partial charge on any atom is 0.267 e. The minimum absolute atomic E-state index is 0.0845. The Morgan fingerprint density at radius 2 is 1.62 bits per heavy atom. The fraction of sp³-hybridized carbons (Fsp3) is 0.375. The van der Waals surface area contributed by atoms with Gasteiger partial charge in [0.05, 0.1) is 23.8 Å². The summed E-state index contributed by atoms with van der Waals surface area (Å²) in [5.74, 6) is 0.0845. The molecule has 3 heterocycles. The van der Waals surface area contributed by atoms with Crippen molar-refractivity contribution in [2.75, 3.05) is 31.2 Å². The zero-order valence-electron chi connectivity index (χ0n) is 22.8. The van der Waals surface area contributed by atoms with Gasteiger partial charge in [-0.3, -0.25) is 9.69 Å². The fourth-order valence-corrected chi connectivity index (χ4v) is 6.99. The van der Waals surface area contributed by atoms with Crippen molar-refractivity contribution in [3.05, 3.63) is 82.5 Å². The van der Waals surface area contributed by atoms with Crippen LogP contribution in [0.1, 0.15) is 49.1 Å². The molecular weight excluding hydrogens is 504 g/mol. The smallest absolute Gasteiger partial charge is 0.267 e. The number of carbonyl (C=O) groups is 1. The van der Waals surface area contributed by atoms with Crippen molar-refractivity contribution in [1.82, 2.24) is 9.47 Å². The maximum atomic E-state index is 13.8. The molecule has 0 atom stereocenters. The van der Waals surface area contributed by atoms with E-state index in [-0.39, 0.29) is 11.9 Å². The van der Waals surface area contributed by atoms with Gasteiger partial charge in [0.15, 0.2) is 5.17 Å². The highest BCUT2D eigenvalue weighted by atomic mass is 32.2. The van der Waals surface area contributed by atoms with Crippen LogP contribution in [0.5, 0.6) is 0 Å². The van der Waals surface area contributed by atoms with E-state index in [0.29, 0.717) is 0 Å². The van der Waals surface area contributed by atoms with Crippen LogP contribution in [0.25, 0.3) is 11.8 Å². The number of para-hydroxylation sites is 1. The predicted octanol–water partition coefficient (Wildman–Crippen LogP) is 6.87. The van der Waals surface area contributed by atoms with Crippen LogP contribution in [-0.2, 0) is 9.53 Å². The second kappa shape index (κ2) is 11.4. The Bertz CT molecular complexity index is 1380. The molecule has 7 heteroatoms. The summed E-state index contributed by atoms with van der Waals surface area (Å²) in [6.07, 6.45) is 7.74. The summed E-state index contributed by atoms with van der Waals surface area (Å²) in [5, 5.41) is 0.803. The van der Waals surface area contributed by atoms with Crippen LogP contribution in [0.15, 0.2) is 70.6 Å². The van der Waals surface area contributed by atoms with Crippen LogP contribution in [0.3, 0.4) is 0 Å². The highest BCUT2D eigenvalue weighted by Crippen LogP contribution is 2.39. The largest absolute Gasteiger partial charge is 0.378 e. The number of hydrogen-bond donors (Lipinski definition) is 0. The summed E-state index contributed by atoms with van der Waals surface area (Å²) >= 11 is 1.51. The van der Waals surface area contributed by atoms with Crippen molar-refractivity contribution in [1.29, 1.82) is 0 Å². The molecule has 0 bridgehead atoms. The summed E-state index contributed by atoms with van der Waals surface area (Å²) in [5.41, 5.74) is 6.60. The molecule has 2 aromatic carbocycles. The van der Waals surface area contributed by atoms with Gasteiger partial charge in [-0.25, -0.2) is 4.99 Å². The van der Waals surface area contributed by atoms with Gasteiger partial charge < -0.3 is 14.2 Å². The molecule has 2 saturated heterocycles. The van der Waals surface area contributed by atoms with Crippen LogP contribution < -0.4 is 4.90 Å². The average Bonchev–Trinajstić information content (AvgIpc) is 3.43. The predicted molar refractivity (Wildman–Crippen MR) is 161 cm³/mol. The van der Waals surface area contributed by atoms with Crippen LogP contribution in [0.4, 0.5) is 11.4 Å². The number of hydrogen-bond acceptors (Lipinski definition) is 5. The number of aryl methyl sites for hydroxylation is 1. The molecule has 2 aliphatic heterocycles. The molecule has 6 rings (SSSR count). The zero-order chi connectivity index (χ0) is 26.8. The molecule has 1 saturated carbocycles. The average molecular weight is 541 g/mol. The van der Waals surface area contributed by atoms with E-state index in [1.807, 2.05) is 35.2 Å². The molecule has 0 spiro atoms. The Morgan fingerprint density at radius 1 is 0.923 bits per heavy atom. The molecule has 1 amide bonds. The first kappa shape index (κ1) is 26.0. The number of ether oxygens (including phenoxy) is 1. The third-order valence-electron chi connectivity index (χ3n) is 8.00. The highest BCUT2D eigenvalue weighted by Gasteiger charge is 2.38. The number of anilines is 1. The first-order valence-electron chi connectivity index (χ1n) is 14.1. The van der Waals surface area contributed by atoms with E-state index in [2.05, 4.69) is 59.7 Å². The number of nitrogens with zero attached hydrogens (tertiary/aromatic N) is 4. The second-order valence-electron chi connectivity index (χ2n) is 10.6. The Labute approximate surface area is 235 Å². The molecule has 3 aliphatic rings. The van der Waals surface area contributed by atoms with Crippen LogP contribution in [-0.4, -0.2) is 52.9 Å². The van der Waals surface area contributed by atoms with Crippen molar-refractivity contribution in [3.8, 4) is 5.69 Å².